The number of amides is 2. The largest absolute Gasteiger partial charge is 0.450 e. The highest BCUT2D eigenvalue weighted by Crippen LogP contribution is 2.23. The molecule has 9 heteroatoms. The van der Waals surface area contributed by atoms with Crippen LogP contribution in [0.5, 0.6) is 0 Å². The summed E-state index contributed by atoms with van der Waals surface area (Å²) in [6.07, 6.45) is 2.00. The number of alkyl halides is 3. The zero-order valence-corrected chi connectivity index (χ0v) is 14.3. The fourth-order valence-electron chi connectivity index (χ4n) is 1.79. The maximum atomic E-state index is 12.2. The summed E-state index contributed by atoms with van der Waals surface area (Å²) in [4.78, 5) is 38.2. The average Bonchev–Trinajstić information content (AvgIpc) is 2.50. The monoisotopic (exact) mass is 364 g/mol. The molecular weight excluding hydrogens is 341 g/mol. The standard InChI is InChI=1S/C16H23F3N2O4/c1-4-13(23)20-10-8-6-5-7-9-14(24)21-25-15(2,3)11-12(22)16(17,18)19/h1H,5-11H2,2-3H3,(H,20,23)(H,21,24). The fourth-order valence-corrected chi connectivity index (χ4v) is 1.79. The van der Waals surface area contributed by atoms with Crippen LogP contribution in [0.3, 0.4) is 0 Å². The van der Waals surface area contributed by atoms with Crippen molar-refractivity contribution in [3.05, 3.63) is 0 Å². The third-order valence-corrected chi connectivity index (χ3v) is 3.09. The Morgan fingerprint density at radius 3 is 2.24 bits per heavy atom. The molecule has 0 bridgehead atoms. The van der Waals surface area contributed by atoms with Crippen molar-refractivity contribution >= 4 is 17.6 Å². The van der Waals surface area contributed by atoms with Gasteiger partial charge < -0.3 is 5.32 Å². The van der Waals surface area contributed by atoms with Gasteiger partial charge in [-0.1, -0.05) is 12.8 Å². The predicted octanol–water partition coefficient (Wildman–Crippen LogP) is 2.03. The summed E-state index contributed by atoms with van der Waals surface area (Å²) in [6.45, 7) is 3.02. The minimum Gasteiger partial charge on any atom is -0.345 e. The van der Waals surface area contributed by atoms with Crippen LogP contribution in [0.25, 0.3) is 0 Å². The fraction of sp³-hybridized carbons (Fsp3) is 0.688. The Bertz CT molecular complexity index is 510. The highest BCUT2D eigenvalue weighted by atomic mass is 19.4. The molecule has 0 unspecified atom stereocenters. The van der Waals surface area contributed by atoms with E-state index in [4.69, 9.17) is 11.3 Å². The topological polar surface area (TPSA) is 84.5 Å². The van der Waals surface area contributed by atoms with Crippen LogP contribution in [0.4, 0.5) is 13.2 Å². The average molecular weight is 364 g/mol. The molecule has 0 spiro atoms. The smallest absolute Gasteiger partial charge is 0.345 e. The van der Waals surface area contributed by atoms with E-state index in [9.17, 15) is 27.6 Å². The van der Waals surface area contributed by atoms with Gasteiger partial charge in [0.2, 0.25) is 11.7 Å². The summed E-state index contributed by atoms with van der Waals surface area (Å²) in [5, 5.41) is 2.51. The first kappa shape index (κ1) is 22.9. The Morgan fingerprint density at radius 1 is 1.08 bits per heavy atom. The molecule has 0 heterocycles. The van der Waals surface area contributed by atoms with E-state index >= 15 is 0 Å². The van der Waals surface area contributed by atoms with Crippen LogP contribution in [0.15, 0.2) is 0 Å². The first-order valence-electron chi connectivity index (χ1n) is 7.79. The number of terminal acetylenes is 1. The molecule has 0 aliphatic rings. The minimum absolute atomic E-state index is 0.139. The van der Waals surface area contributed by atoms with Crippen LogP contribution in [0.1, 0.15) is 52.4 Å². The van der Waals surface area contributed by atoms with E-state index in [2.05, 4.69) is 10.8 Å². The van der Waals surface area contributed by atoms with Crippen molar-refractivity contribution in [2.45, 2.75) is 64.1 Å². The molecule has 6 nitrogen and oxygen atoms in total. The van der Waals surface area contributed by atoms with E-state index in [1.807, 2.05) is 5.92 Å². The summed E-state index contributed by atoms with van der Waals surface area (Å²) < 4.78 is 36.6. The van der Waals surface area contributed by atoms with Gasteiger partial charge in [0.25, 0.3) is 5.91 Å². The van der Waals surface area contributed by atoms with Gasteiger partial charge in [0.15, 0.2) is 0 Å². The van der Waals surface area contributed by atoms with Gasteiger partial charge in [-0.15, -0.1) is 6.42 Å². The lowest BCUT2D eigenvalue weighted by Crippen LogP contribution is -2.40. The number of unbranched alkanes of at least 4 members (excludes halogenated alkanes) is 3. The molecule has 0 aromatic rings. The van der Waals surface area contributed by atoms with E-state index in [0.717, 1.165) is 19.3 Å². The van der Waals surface area contributed by atoms with Crippen LogP contribution in [0.2, 0.25) is 0 Å². The highest BCUT2D eigenvalue weighted by Gasteiger charge is 2.41. The lowest BCUT2D eigenvalue weighted by Gasteiger charge is -2.24. The SMILES string of the molecule is C#CC(=O)NCCCCCCC(=O)NOC(C)(C)CC(=O)C(F)(F)F. The number of rotatable bonds is 11. The second-order valence-corrected chi connectivity index (χ2v) is 6.05. The van der Waals surface area contributed by atoms with Gasteiger partial charge in [-0.2, -0.15) is 13.2 Å². The third-order valence-electron chi connectivity index (χ3n) is 3.09. The van der Waals surface area contributed by atoms with Crippen molar-refractivity contribution in [2.75, 3.05) is 6.54 Å². The number of carbonyl (C=O) groups is 3. The zero-order chi connectivity index (χ0) is 19.5. The lowest BCUT2D eigenvalue weighted by molar-refractivity contribution is -0.181. The summed E-state index contributed by atoms with van der Waals surface area (Å²) in [5.74, 6) is -0.933. The predicted molar refractivity (Wildman–Crippen MR) is 83.9 cm³/mol. The third kappa shape index (κ3) is 12.0. The molecule has 2 N–H and O–H groups in total. The maximum Gasteiger partial charge on any atom is 0.450 e. The molecule has 0 aromatic heterocycles. The molecule has 0 atom stereocenters. The number of nitrogens with one attached hydrogen (secondary N) is 2. The van der Waals surface area contributed by atoms with Gasteiger partial charge in [-0.25, -0.2) is 5.48 Å². The van der Waals surface area contributed by atoms with E-state index in [0.29, 0.717) is 13.0 Å². The summed E-state index contributed by atoms with van der Waals surface area (Å²) in [5.41, 5.74) is 0.606. The van der Waals surface area contributed by atoms with Gasteiger partial charge >= 0.3 is 6.18 Å². The van der Waals surface area contributed by atoms with Gasteiger partial charge in [-0.3, -0.25) is 19.2 Å². The van der Waals surface area contributed by atoms with Crippen molar-refractivity contribution in [2.24, 2.45) is 0 Å². The molecule has 0 aliphatic carbocycles. The minimum atomic E-state index is -4.93. The van der Waals surface area contributed by atoms with E-state index in [1.54, 1.807) is 0 Å². The molecule has 25 heavy (non-hydrogen) atoms. The quantitative estimate of drug-likeness (QED) is 0.334. The number of hydrogen-bond donors (Lipinski definition) is 2. The van der Waals surface area contributed by atoms with Crippen molar-refractivity contribution in [1.29, 1.82) is 0 Å². The summed E-state index contributed by atoms with van der Waals surface area (Å²) in [7, 11) is 0. The molecule has 0 saturated heterocycles. The van der Waals surface area contributed by atoms with Crippen molar-refractivity contribution < 1.29 is 32.4 Å². The number of hydrogen-bond acceptors (Lipinski definition) is 4. The van der Waals surface area contributed by atoms with Gasteiger partial charge in [0.05, 0.1) is 5.60 Å². The molecule has 0 radical (unpaired) electrons. The lowest BCUT2D eigenvalue weighted by atomic mass is 10.0. The molecule has 0 saturated carbocycles. The van der Waals surface area contributed by atoms with Gasteiger partial charge in [-0.05, 0) is 32.6 Å². The molecule has 2 amide bonds. The van der Waals surface area contributed by atoms with Crippen molar-refractivity contribution in [1.82, 2.24) is 10.8 Å². The molecular formula is C16H23F3N2O4. The van der Waals surface area contributed by atoms with Crippen LogP contribution >= 0.6 is 0 Å². The summed E-state index contributed by atoms with van der Waals surface area (Å²) >= 11 is 0. The molecule has 0 fully saturated rings. The van der Waals surface area contributed by atoms with Crippen LogP contribution in [0, 0.1) is 12.3 Å². The molecule has 0 rings (SSSR count). The Labute approximate surface area is 144 Å². The van der Waals surface area contributed by atoms with Crippen molar-refractivity contribution in [3.63, 3.8) is 0 Å². The molecule has 142 valence electrons. The van der Waals surface area contributed by atoms with Crippen molar-refractivity contribution in [3.8, 4) is 12.3 Å². The molecule has 0 aliphatic heterocycles. The highest BCUT2D eigenvalue weighted by molar-refractivity contribution is 5.92. The number of ketones is 1. The van der Waals surface area contributed by atoms with E-state index < -0.39 is 35.8 Å². The second-order valence-electron chi connectivity index (χ2n) is 6.05. The van der Waals surface area contributed by atoms with Gasteiger partial charge in [0, 0.05) is 19.4 Å². The number of halogens is 3. The number of hydroxylamine groups is 1. The Morgan fingerprint density at radius 2 is 1.68 bits per heavy atom. The first-order valence-corrected chi connectivity index (χ1v) is 7.79. The first-order chi connectivity index (χ1) is 11.5. The normalized spacial score (nSPS) is 11.5. The number of carbonyl (C=O) groups excluding carboxylic acids is 3. The van der Waals surface area contributed by atoms with Crippen LogP contribution in [-0.2, 0) is 19.2 Å². The Balaban J connectivity index is 3.84. The number of Topliss-reactive ketones (excluding diaryl/α,β-unsaturated/α-hetero) is 1. The van der Waals surface area contributed by atoms with Crippen LogP contribution < -0.4 is 10.8 Å². The van der Waals surface area contributed by atoms with E-state index in [-0.39, 0.29) is 6.42 Å². The summed E-state index contributed by atoms with van der Waals surface area (Å²) in [6, 6.07) is 0. The van der Waals surface area contributed by atoms with E-state index in [1.165, 1.54) is 13.8 Å². The second kappa shape index (κ2) is 10.7. The maximum absolute atomic E-state index is 12.2. The Hall–Kier alpha value is -2.08. The van der Waals surface area contributed by atoms with Gasteiger partial charge in [0.1, 0.15) is 0 Å². The Kier molecular flexibility index (Phi) is 9.82. The molecule has 0 aromatic carbocycles. The van der Waals surface area contributed by atoms with Crippen LogP contribution in [-0.4, -0.2) is 35.9 Å². The zero-order valence-electron chi connectivity index (χ0n) is 14.3.